The van der Waals surface area contributed by atoms with Crippen molar-refractivity contribution in [3.63, 3.8) is 0 Å². The number of rotatable bonds is 35. The maximum atomic E-state index is 12.7. The molecule has 0 aromatic rings. The highest BCUT2D eigenvalue weighted by molar-refractivity contribution is 7.80. The highest BCUT2D eigenvalue weighted by Gasteiger charge is 2.48. The molecule has 6 atom stereocenters. The second-order valence-corrected chi connectivity index (χ2v) is 15.3. The van der Waals surface area contributed by atoms with E-state index < -0.39 is 59.8 Å². The van der Waals surface area contributed by atoms with Crippen LogP contribution in [0, 0.1) is 0 Å². The maximum Gasteiger partial charge on any atom is 0.397 e. The van der Waals surface area contributed by atoms with Gasteiger partial charge in [0.2, 0.25) is 0 Å². The van der Waals surface area contributed by atoms with E-state index >= 15 is 0 Å². The standard InChI is InChI=1S/C45H74O12S/c1-3-5-7-9-11-12-13-14-15-16-17-18-19-20-21-22-23-24-25-26-27-29-31-33-35-53-37-39(55-41(47)34-32-30-28-10-8-6-4-2)38-54-45-43(49)44(57-58(50,51)52)42(48)40(36-46)56-45/h5,7,11-12,14-15,17-18,20-21,23-24,26-27,39-40,42-46,48-49H,3-4,6,8-10,13,16,19,22,25,28-38H2,1-2H3,(H,50,51,52)/b7-5-,12-11-,15-14-,18-17-,21-20-,24-23-,27-26-. The van der Waals surface area contributed by atoms with Gasteiger partial charge in [0.15, 0.2) is 6.29 Å². The van der Waals surface area contributed by atoms with E-state index in [-0.39, 0.29) is 19.6 Å². The predicted molar refractivity (Wildman–Crippen MR) is 229 cm³/mol. The van der Waals surface area contributed by atoms with Gasteiger partial charge in [0.05, 0.1) is 19.8 Å². The summed E-state index contributed by atoms with van der Waals surface area (Å²) in [7, 11) is -5.07. The summed E-state index contributed by atoms with van der Waals surface area (Å²) in [6.45, 7) is 3.67. The summed E-state index contributed by atoms with van der Waals surface area (Å²) in [4.78, 5) is 12.7. The average molecular weight is 839 g/mol. The monoisotopic (exact) mass is 838 g/mol. The maximum absolute atomic E-state index is 12.7. The molecule has 0 radical (unpaired) electrons. The molecular weight excluding hydrogens is 765 g/mol. The summed E-state index contributed by atoms with van der Waals surface area (Å²) in [6, 6.07) is 0. The van der Waals surface area contributed by atoms with Crippen LogP contribution >= 0.6 is 0 Å². The number of carbonyl (C=O) groups excluding carboxylic acids is 1. The number of ether oxygens (including phenoxy) is 4. The Hall–Kier alpha value is -2.72. The molecule has 4 N–H and O–H groups in total. The van der Waals surface area contributed by atoms with Crippen LogP contribution in [0.1, 0.15) is 129 Å². The van der Waals surface area contributed by atoms with Gasteiger partial charge >= 0.3 is 16.4 Å². The smallest absolute Gasteiger partial charge is 0.397 e. The van der Waals surface area contributed by atoms with Crippen LogP contribution in [0.3, 0.4) is 0 Å². The number of unbranched alkanes of at least 4 members (excludes halogenated alkanes) is 8. The molecule has 1 heterocycles. The van der Waals surface area contributed by atoms with Gasteiger partial charge in [0, 0.05) is 13.0 Å². The Morgan fingerprint density at radius 2 is 1.19 bits per heavy atom. The van der Waals surface area contributed by atoms with Crippen LogP contribution in [-0.4, -0.2) is 97.5 Å². The molecule has 1 rings (SSSR count). The lowest BCUT2D eigenvalue weighted by Gasteiger charge is -2.41. The van der Waals surface area contributed by atoms with E-state index in [4.69, 9.17) is 23.5 Å². The molecule has 0 aromatic heterocycles. The van der Waals surface area contributed by atoms with Crippen molar-refractivity contribution in [1.29, 1.82) is 0 Å². The van der Waals surface area contributed by atoms with Crippen LogP contribution in [0.15, 0.2) is 85.1 Å². The van der Waals surface area contributed by atoms with Crippen molar-refractivity contribution in [2.75, 3.05) is 26.4 Å². The fraction of sp³-hybridized carbons (Fsp3) is 0.667. The fourth-order valence-electron chi connectivity index (χ4n) is 5.83. The Bertz CT molecular complexity index is 1340. The zero-order valence-corrected chi connectivity index (χ0v) is 35.9. The van der Waals surface area contributed by atoms with Crippen LogP contribution in [0.5, 0.6) is 0 Å². The zero-order valence-electron chi connectivity index (χ0n) is 35.1. The lowest BCUT2D eigenvalue weighted by molar-refractivity contribution is -0.301. The van der Waals surface area contributed by atoms with Crippen LogP contribution in [-0.2, 0) is 38.3 Å². The predicted octanol–water partition coefficient (Wildman–Crippen LogP) is 8.51. The van der Waals surface area contributed by atoms with Gasteiger partial charge in [-0.3, -0.25) is 9.35 Å². The SMILES string of the molecule is CC/C=C\C/C=C\C/C=C\C/C=C\C/C=C\C/C=C\C/C=C\CCCCOCC(COC1OC(CO)C(O)C(OS(=O)(=O)O)C1O)OC(=O)CCCCCCCCC. The normalized spacial score (nSPS) is 21.4. The van der Waals surface area contributed by atoms with Gasteiger partial charge in [0.1, 0.15) is 30.5 Å². The van der Waals surface area contributed by atoms with Crippen molar-refractivity contribution < 1.29 is 56.2 Å². The quantitative estimate of drug-likeness (QED) is 0.0207. The minimum absolute atomic E-state index is 0.00109. The molecule has 0 aliphatic carbocycles. The summed E-state index contributed by atoms with van der Waals surface area (Å²) >= 11 is 0. The molecule has 0 aromatic carbocycles. The molecule has 1 aliphatic heterocycles. The van der Waals surface area contributed by atoms with Gasteiger partial charge in [0.25, 0.3) is 0 Å². The summed E-state index contributed by atoms with van der Waals surface area (Å²) in [5.74, 6) is -0.427. The summed E-state index contributed by atoms with van der Waals surface area (Å²) in [5, 5.41) is 30.5. The van der Waals surface area contributed by atoms with Crippen molar-refractivity contribution in [3.8, 4) is 0 Å². The third kappa shape index (κ3) is 29.5. The number of hydrogen-bond acceptors (Lipinski definition) is 11. The molecule has 0 spiro atoms. The van der Waals surface area contributed by atoms with E-state index in [2.05, 4.69) is 103 Å². The van der Waals surface area contributed by atoms with E-state index in [1.54, 1.807) is 0 Å². The largest absolute Gasteiger partial charge is 0.457 e. The zero-order chi connectivity index (χ0) is 42.5. The van der Waals surface area contributed by atoms with Crippen molar-refractivity contribution in [3.05, 3.63) is 85.1 Å². The second-order valence-electron chi connectivity index (χ2n) is 14.2. The lowest BCUT2D eigenvalue weighted by atomic mass is 9.99. The Labute approximate surface area is 349 Å². The molecule has 0 bridgehead atoms. The topological polar surface area (TPSA) is 178 Å². The minimum atomic E-state index is -5.07. The molecule has 0 amide bonds. The van der Waals surface area contributed by atoms with Crippen LogP contribution in [0.25, 0.3) is 0 Å². The lowest BCUT2D eigenvalue weighted by Crippen LogP contribution is -2.60. The molecule has 6 unspecified atom stereocenters. The Morgan fingerprint density at radius 3 is 1.71 bits per heavy atom. The highest BCUT2D eigenvalue weighted by Crippen LogP contribution is 2.26. The third-order valence-electron chi connectivity index (χ3n) is 9.03. The number of hydrogen-bond donors (Lipinski definition) is 4. The Kier molecular flexibility index (Phi) is 33.2. The first kappa shape index (κ1) is 53.3. The van der Waals surface area contributed by atoms with Crippen LogP contribution in [0.2, 0.25) is 0 Å². The van der Waals surface area contributed by atoms with E-state index in [0.29, 0.717) is 13.0 Å². The average Bonchev–Trinajstić information content (AvgIpc) is 3.19. The van der Waals surface area contributed by atoms with Gasteiger partial charge in [-0.1, -0.05) is 137 Å². The molecule has 0 saturated carbocycles. The number of allylic oxidation sites excluding steroid dienone is 14. The molecule has 1 fully saturated rings. The van der Waals surface area contributed by atoms with Gasteiger partial charge in [-0.15, -0.1) is 0 Å². The van der Waals surface area contributed by atoms with Crippen molar-refractivity contribution >= 4 is 16.4 Å². The number of esters is 1. The van der Waals surface area contributed by atoms with E-state index in [1.807, 2.05) is 0 Å². The Morgan fingerprint density at radius 1 is 0.672 bits per heavy atom. The summed E-state index contributed by atoms with van der Waals surface area (Å²) < 4.78 is 58.7. The van der Waals surface area contributed by atoms with E-state index in [1.165, 1.54) is 19.3 Å². The molecule has 1 aliphatic rings. The first-order valence-electron chi connectivity index (χ1n) is 21.3. The number of aliphatic hydroxyl groups is 3. The molecule has 332 valence electrons. The minimum Gasteiger partial charge on any atom is -0.457 e. The van der Waals surface area contributed by atoms with Crippen molar-refractivity contribution in [2.24, 2.45) is 0 Å². The molecule has 1 saturated heterocycles. The first-order valence-corrected chi connectivity index (χ1v) is 22.7. The van der Waals surface area contributed by atoms with Crippen molar-refractivity contribution in [2.45, 2.75) is 166 Å². The summed E-state index contributed by atoms with van der Waals surface area (Å²) in [5.41, 5.74) is 0. The molecule has 12 nitrogen and oxygen atoms in total. The van der Waals surface area contributed by atoms with Crippen LogP contribution < -0.4 is 0 Å². The van der Waals surface area contributed by atoms with Gasteiger partial charge in [-0.05, 0) is 70.6 Å². The van der Waals surface area contributed by atoms with Gasteiger partial charge in [-0.2, -0.15) is 8.42 Å². The van der Waals surface area contributed by atoms with Gasteiger partial charge < -0.3 is 34.3 Å². The molecular formula is C45H74O12S. The first-order chi connectivity index (χ1) is 28.1. The molecule has 58 heavy (non-hydrogen) atoms. The van der Waals surface area contributed by atoms with Crippen LogP contribution in [0.4, 0.5) is 0 Å². The van der Waals surface area contributed by atoms with E-state index in [9.17, 15) is 28.5 Å². The Balaban J connectivity index is 2.40. The molecule has 13 heteroatoms. The highest BCUT2D eigenvalue weighted by atomic mass is 32.3. The third-order valence-corrected chi connectivity index (χ3v) is 9.50. The second kappa shape index (κ2) is 36.2. The van der Waals surface area contributed by atoms with E-state index in [0.717, 1.165) is 83.5 Å². The summed E-state index contributed by atoms with van der Waals surface area (Å²) in [6.07, 6.45) is 38.0. The van der Waals surface area contributed by atoms with Crippen molar-refractivity contribution in [1.82, 2.24) is 0 Å². The number of carbonyl (C=O) groups is 1. The van der Waals surface area contributed by atoms with Gasteiger partial charge in [-0.25, -0.2) is 4.18 Å². The number of aliphatic hydroxyl groups excluding tert-OH is 3. The fourth-order valence-corrected chi connectivity index (χ4v) is 6.33.